The Hall–Kier alpha value is -2.35. The normalized spacial score (nSPS) is 10.2. The lowest BCUT2D eigenvalue weighted by atomic mass is 10.2. The molecule has 1 aromatic carbocycles. The van der Waals surface area contributed by atoms with Crippen LogP contribution in [0.3, 0.4) is 0 Å². The molecular formula is C11H7F2N3O2S. The number of nitrogens with one attached hydrogen (secondary N) is 1. The monoisotopic (exact) mass is 283 g/mol. The molecule has 5 nitrogen and oxygen atoms in total. The fraction of sp³-hybridized carbons (Fsp3) is 0. The first-order chi connectivity index (χ1) is 8.99. The number of carbonyl (C=O) groups excluding carboxylic acids is 2. The summed E-state index contributed by atoms with van der Waals surface area (Å²) >= 11 is 0.813. The molecule has 0 saturated carbocycles. The van der Waals surface area contributed by atoms with E-state index in [4.69, 9.17) is 5.73 Å². The predicted octanol–water partition coefficient (Wildman–Crippen LogP) is 1.77. The Morgan fingerprint density at radius 3 is 2.42 bits per heavy atom. The molecule has 1 heterocycles. The van der Waals surface area contributed by atoms with Gasteiger partial charge in [0, 0.05) is 0 Å². The Morgan fingerprint density at radius 2 is 1.89 bits per heavy atom. The number of anilines is 1. The van der Waals surface area contributed by atoms with Gasteiger partial charge in [0.15, 0.2) is 5.13 Å². The molecule has 0 unspecified atom stereocenters. The molecule has 3 N–H and O–H groups in total. The number of carbonyl (C=O) groups is 2. The molecule has 0 radical (unpaired) electrons. The van der Waals surface area contributed by atoms with Crippen molar-refractivity contribution in [1.82, 2.24) is 4.98 Å². The van der Waals surface area contributed by atoms with Gasteiger partial charge in [-0.2, -0.15) is 0 Å². The van der Waals surface area contributed by atoms with Gasteiger partial charge in [0.2, 0.25) is 0 Å². The fourth-order valence-electron chi connectivity index (χ4n) is 1.32. The van der Waals surface area contributed by atoms with Gasteiger partial charge in [0.1, 0.15) is 22.1 Å². The van der Waals surface area contributed by atoms with Gasteiger partial charge in [-0.25, -0.2) is 13.8 Å². The Morgan fingerprint density at radius 1 is 1.26 bits per heavy atom. The molecule has 0 saturated heterocycles. The SMILES string of the molecule is NC(=O)c1cnc(NC(=O)c2c(F)cccc2F)s1. The van der Waals surface area contributed by atoms with Crippen LogP contribution >= 0.6 is 11.3 Å². The molecule has 0 aliphatic rings. The molecule has 1 aromatic heterocycles. The second kappa shape index (κ2) is 5.11. The van der Waals surface area contributed by atoms with Gasteiger partial charge in [-0.15, -0.1) is 0 Å². The number of thiazole rings is 1. The van der Waals surface area contributed by atoms with Gasteiger partial charge in [0.25, 0.3) is 11.8 Å². The van der Waals surface area contributed by atoms with E-state index < -0.39 is 29.0 Å². The van der Waals surface area contributed by atoms with Crippen molar-refractivity contribution in [3.63, 3.8) is 0 Å². The smallest absolute Gasteiger partial charge is 0.263 e. The van der Waals surface area contributed by atoms with Crippen LogP contribution in [0.4, 0.5) is 13.9 Å². The van der Waals surface area contributed by atoms with Crippen molar-refractivity contribution in [2.45, 2.75) is 0 Å². The van der Waals surface area contributed by atoms with Gasteiger partial charge in [-0.1, -0.05) is 17.4 Å². The second-order valence-corrected chi connectivity index (χ2v) is 4.48. The highest BCUT2D eigenvalue weighted by Gasteiger charge is 2.18. The fourth-order valence-corrected chi connectivity index (χ4v) is 1.98. The number of nitrogens with two attached hydrogens (primary N) is 1. The number of rotatable bonds is 3. The lowest BCUT2D eigenvalue weighted by Gasteiger charge is -2.03. The van der Waals surface area contributed by atoms with Crippen LogP contribution in [0, 0.1) is 11.6 Å². The van der Waals surface area contributed by atoms with E-state index in [2.05, 4.69) is 10.3 Å². The number of nitrogens with zero attached hydrogens (tertiary/aromatic N) is 1. The van der Waals surface area contributed by atoms with Crippen LogP contribution in [-0.4, -0.2) is 16.8 Å². The van der Waals surface area contributed by atoms with Crippen LogP contribution in [-0.2, 0) is 0 Å². The third kappa shape index (κ3) is 2.74. The summed E-state index contributed by atoms with van der Waals surface area (Å²) in [6.07, 6.45) is 1.17. The molecule has 8 heteroatoms. The summed E-state index contributed by atoms with van der Waals surface area (Å²) in [6.45, 7) is 0. The van der Waals surface area contributed by atoms with Crippen molar-refractivity contribution in [2.24, 2.45) is 5.73 Å². The standard InChI is InChI=1S/C11H7F2N3O2S/c12-5-2-1-3-6(13)8(5)10(18)16-11-15-4-7(19-11)9(14)17/h1-4H,(H2,14,17)(H,15,16,18). The molecule has 0 bridgehead atoms. The summed E-state index contributed by atoms with van der Waals surface area (Å²) in [4.78, 5) is 26.4. The number of benzene rings is 1. The maximum atomic E-state index is 13.3. The van der Waals surface area contributed by atoms with E-state index in [1.165, 1.54) is 6.20 Å². The minimum Gasteiger partial charge on any atom is -0.365 e. The summed E-state index contributed by atoms with van der Waals surface area (Å²) in [7, 11) is 0. The van der Waals surface area contributed by atoms with Crippen LogP contribution in [0.2, 0.25) is 0 Å². The minimum atomic E-state index is -0.985. The molecule has 0 fully saturated rings. The summed E-state index contributed by atoms with van der Waals surface area (Å²) in [5.41, 5.74) is 4.31. The quantitative estimate of drug-likeness (QED) is 0.900. The molecule has 2 amide bonds. The van der Waals surface area contributed by atoms with Gasteiger partial charge < -0.3 is 5.73 Å². The Balaban J connectivity index is 2.23. The van der Waals surface area contributed by atoms with Crippen LogP contribution in [0.1, 0.15) is 20.0 Å². The first-order valence-corrected chi connectivity index (χ1v) is 5.81. The van der Waals surface area contributed by atoms with E-state index >= 15 is 0 Å². The summed E-state index contributed by atoms with van der Waals surface area (Å²) in [5.74, 6) is -3.65. The van der Waals surface area contributed by atoms with Crippen LogP contribution in [0.5, 0.6) is 0 Å². The van der Waals surface area contributed by atoms with E-state index in [-0.39, 0.29) is 10.0 Å². The first kappa shape index (κ1) is 13.1. The minimum absolute atomic E-state index is 0.0291. The second-order valence-electron chi connectivity index (χ2n) is 3.44. The zero-order valence-electron chi connectivity index (χ0n) is 9.31. The van der Waals surface area contributed by atoms with Gasteiger partial charge in [-0.05, 0) is 12.1 Å². The largest absolute Gasteiger partial charge is 0.365 e. The predicted molar refractivity (Wildman–Crippen MR) is 64.9 cm³/mol. The Kier molecular flexibility index (Phi) is 3.52. The zero-order valence-corrected chi connectivity index (χ0v) is 10.1. The van der Waals surface area contributed by atoms with Crippen molar-refractivity contribution in [3.05, 3.63) is 46.5 Å². The average molecular weight is 283 g/mol. The molecule has 0 aliphatic heterocycles. The van der Waals surface area contributed by atoms with E-state index in [0.717, 1.165) is 29.5 Å². The maximum absolute atomic E-state index is 13.3. The van der Waals surface area contributed by atoms with E-state index in [0.29, 0.717) is 0 Å². The molecule has 0 spiro atoms. The lowest BCUT2D eigenvalue weighted by molar-refractivity contribution is 0.0999. The van der Waals surface area contributed by atoms with Crippen molar-refractivity contribution in [3.8, 4) is 0 Å². The number of primary amides is 1. The Bertz CT molecular complexity index is 637. The zero-order chi connectivity index (χ0) is 14.0. The van der Waals surface area contributed by atoms with Crippen LogP contribution in [0.15, 0.2) is 24.4 Å². The summed E-state index contributed by atoms with van der Waals surface area (Å²) in [5, 5.41) is 2.22. The van der Waals surface area contributed by atoms with Crippen LogP contribution in [0.25, 0.3) is 0 Å². The molecule has 2 aromatic rings. The van der Waals surface area contributed by atoms with Crippen molar-refractivity contribution in [2.75, 3.05) is 5.32 Å². The van der Waals surface area contributed by atoms with E-state index in [9.17, 15) is 18.4 Å². The lowest BCUT2D eigenvalue weighted by Crippen LogP contribution is -2.15. The molecular weight excluding hydrogens is 276 g/mol. The van der Waals surface area contributed by atoms with Gasteiger partial charge in [0.05, 0.1) is 6.20 Å². The number of hydrogen-bond acceptors (Lipinski definition) is 4. The topological polar surface area (TPSA) is 85.1 Å². The van der Waals surface area contributed by atoms with Crippen molar-refractivity contribution >= 4 is 28.3 Å². The van der Waals surface area contributed by atoms with Crippen LogP contribution < -0.4 is 11.1 Å². The Labute approximate surface area is 110 Å². The number of halogens is 2. The summed E-state index contributed by atoms with van der Waals surface area (Å²) in [6, 6.07) is 3.08. The number of amides is 2. The summed E-state index contributed by atoms with van der Waals surface area (Å²) < 4.78 is 26.7. The number of aromatic nitrogens is 1. The highest BCUT2D eigenvalue weighted by Crippen LogP contribution is 2.20. The third-order valence-electron chi connectivity index (χ3n) is 2.16. The number of hydrogen-bond donors (Lipinski definition) is 2. The van der Waals surface area contributed by atoms with Crippen molar-refractivity contribution < 1.29 is 18.4 Å². The van der Waals surface area contributed by atoms with Gasteiger partial charge in [-0.3, -0.25) is 14.9 Å². The third-order valence-corrected chi connectivity index (χ3v) is 3.09. The molecule has 0 aliphatic carbocycles. The molecule has 0 atom stereocenters. The highest BCUT2D eigenvalue weighted by molar-refractivity contribution is 7.17. The average Bonchev–Trinajstić information content (AvgIpc) is 2.77. The van der Waals surface area contributed by atoms with E-state index in [1.807, 2.05) is 0 Å². The first-order valence-electron chi connectivity index (χ1n) is 5.00. The highest BCUT2D eigenvalue weighted by atomic mass is 32.1. The molecule has 98 valence electrons. The van der Waals surface area contributed by atoms with E-state index in [1.54, 1.807) is 0 Å². The molecule has 2 rings (SSSR count). The van der Waals surface area contributed by atoms with Crippen molar-refractivity contribution in [1.29, 1.82) is 0 Å². The maximum Gasteiger partial charge on any atom is 0.263 e. The van der Waals surface area contributed by atoms with Gasteiger partial charge >= 0.3 is 0 Å². The molecule has 19 heavy (non-hydrogen) atoms.